The van der Waals surface area contributed by atoms with E-state index in [0.29, 0.717) is 12.2 Å². The first-order valence-corrected chi connectivity index (χ1v) is 9.65. The quantitative estimate of drug-likeness (QED) is 0.489. The van der Waals surface area contributed by atoms with Crippen LogP contribution in [0.4, 0.5) is 0 Å². The lowest BCUT2D eigenvalue weighted by Crippen LogP contribution is -2.17. The van der Waals surface area contributed by atoms with Gasteiger partial charge >= 0.3 is 0 Å². The van der Waals surface area contributed by atoms with Gasteiger partial charge in [-0.2, -0.15) is 5.21 Å². The standard InChI is InChI=1S/C22H22N6O2/c1-13-21(14(2)30-26-13)17-7-3-5-15(9-17)10-19(12-20(23)29)16-6-4-8-18(11-16)22-24-27-28-25-22/h3-9,11,19H,10,12H2,1-2H3,(H2,23,29)(H,24,25,27,28). The third-order valence-electron chi connectivity index (χ3n) is 5.14. The molecule has 0 fully saturated rings. The lowest BCUT2D eigenvalue weighted by atomic mass is 9.87. The van der Waals surface area contributed by atoms with Crippen molar-refractivity contribution < 1.29 is 9.32 Å². The number of H-pyrrole nitrogens is 1. The van der Waals surface area contributed by atoms with Crippen molar-refractivity contribution in [2.75, 3.05) is 0 Å². The molecular formula is C22H22N6O2. The zero-order valence-corrected chi connectivity index (χ0v) is 16.8. The maximum Gasteiger partial charge on any atom is 0.218 e. The van der Waals surface area contributed by atoms with E-state index in [-0.39, 0.29) is 18.2 Å². The third-order valence-corrected chi connectivity index (χ3v) is 5.14. The number of hydrogen-bond acceptors (Lipinski definition) is 6. The molecule has 30 heavy (non-hydrogen) atoms. The molecule has 152 valence electrons. The van der Waals surface area contributed by atoms with Gasteiger partial charge < -0.3 is 10.3 Å². The number of benzene rings is 2. The van der Waals surface area contributed by atoms with Crippen LogP contribution in [-0.4, -0.2) is 31.7 Å². The fourth-order valence-corrected chi connectivity index (χ4v) is 3.80. The van der Waals surface area contributed by atoms with Gasteiger partial charge in [0, 0.05) is 17.5 Å². The number of aromatic nitrogens is 5. The van der Waals surface area contributed by atoms with Crippen LogP contribution in [0.25, 0.3) is 22.5 Å². The van der Waals surface area contributed by atoms with E-state index in [9.17, 15) is 4.79 Å². The summed E-state index contributed by atoms with van der Waals surface area (Å²) in [6, 6.07) is 16.0. The number of nitrogens with one attached hydrogen (secondary N) is 1. The first-order valence-electron chi connectivity index (χ1n) is 9.65. The van der Waals surface area contributed by atoms with Crippen molar-refractivity contribution in [2.24, 2.45) is 5.73 Å². The van der Waals surface area contributed by atoms with E-state index in [2.05, 4.69) is 37.9 Å². The second-order valence-electron chi connectivity index (χ2n) is 7.33. The van der Waals surface area contributed by atoms with Crippen LogP contribution in [-0.2, 0) is 11.2 Å². The molecule has 0 aliphatic carbocycles. The number of primary amides is 1. The van der Waals surface area contributed by atoms with Gasteiger partial charge in [-0.1, -0.05) is 47.6 Å². The highest BCUT2D eigenvalue weighted by atomic mass is 16.5. The maximum absolute atomic E-state index is 11.8. The number of rotatable bonds is 7. The smallest absolute Gasteiger partial charge is 0.218 e. The van der Waals surface area contributed by atoms with Crippen molar-refractivity contribution in [3.63, 3.8) is 0 Å². The first-order chi connectivity index (χ1) is 14.5. The van der Waals surface area contributed by atoms with Gasteiger partial charge in [0.05, 0.1) is 5.69 Å². The van der Waals surface area contributed by atoms with E-state index in [1.54, 1.807) is 0 Å². The van der Waals surface area contributed by atoms with Crippen molar-refractivity contribution in [3.8, 4) is 22.5 Å². The van der Waals surface area contributed by atoms with Crippen LogP contribution >= 0.6 is 0 Å². The average molecular weight is 402 g/mol. The summed E-state index contributed by atoms with van der Waals surface area (Å²) in [5.41, 5.74) is 11.4. The Labute approximate surface area is 173 Å². The Morgan fingerprint density at radius 2 is 1.93 bits per heavy atom. The predicted octanol–water partition coefficient (Wildman–Crippen LogP) is 3.34. The van der Waals surface area contributed by atoms with E-state index in [0.717, 1.165) is 39.3 Å². The van der Waals surface area contributed by atoms with Crippen LogP contribution in [0, 0.1) is 13.8 Å². The highest BCUT2D eigenvalue weighted by molar-refractivity contribution is 5.75. The molecule has 4 rings (SSSR count). The number of nitrogens with zero attached hydrogens (tertiary/aromatic N) is 4. The van der Waals surface area contributed by atoms with E-state index >= 15 is 0 Å². The highest BCUT2D eigenvalue weighted by Gasteiger charge is 2.18. The molecule has 0 saturated heterocycles. The Bertz CT molecular complexity index is 1150. The normalized spacial score (nSPS) is 12.1. The molecule has 0 spiro atoms. The van der Waals surface area contributed by atoms with Crippen LogP contribution < -0.4 is 5.73 Å². The van der Waals surface area contributed by atoms with Gasteiger partial charge in [0.15, 0.2) is 0 Å². The molecule has 8 nitrogen and oxygen atoms in total. The molecule has 1 atom stereocenters. The average Bonchev–Trinajstić information content (AvgIpc) is 3.38. The molecule has 0 saturated carbocycles. The van der Waals surface area contributed by atoms with Crippen molar-refractivity contribution in [1.29, 1.82) is 0 Å². The molecule has 2 heterocycles. The Hall–Kier alpha value is -3.81. The number of hydrogen-bond donors (Lipinski definition) is 2. The van der Waals surface area contributed by atoms with Gasteiger partial charge in [0.1, 0.15) is 5.76 Å². The topological polar surface area (TPSA) is 124 Å². The van der Waals surface area contributed by atoms with E-state index in [4.69, 9.17) is 10.3 Å². The minimum absolute atomic E-state index is 0.0748. The number of tetrazole rings is 1. The van der Waals surface area contributed by atoms with Gasteiger partial charge in [0.25, 0.3) is 0 Å². The Morgan fingerprint density at radius 1 is 1.13 bits per heavy atom. The van der Waals surface area contributed by atoms with Gasteiger partial charge in [0.2, 0.25) is 11.7 Å². The number of aromatic amines is 1. The summed E-state index contributed by atoms with van der Waals surface area (Å²) < 4.78 is 5.31. The minimum atomic E-state index is -0.341. The lowest BCUT2D eigenvalue weighted by Gasteiger charge is -2.17. The van der Waals surface area contributed by atoms with Gasteiger partial charge in [-0.3, -0.25) is 4.79 Å². The minimum Gasteiger partial charge on any atom is -0.370 e. The fourth-order valence-electron chi connectivity index (χ4n) is 3.80. The van der Waals surface area contributed by atoms with E-state index < -0.39 is 0 Å². The maximum atomic E-state index is 11.8. The van der Waals surface area contributed by atoms with Crippen LogP contribution in [0.15, 0.2) is 53.1 Å². The predicted molar refractivity (Wildman–Crippen MR) is 111 cm³/mol. The summed E-state index contributed by atoms with van der Waals surface area (Å²) in [4.78, 5) is 11.8. The second kappa shape index (κ2) is 8.28. The monoisotopic (exact) mass is 402 g/mol. The summed E-state index contributed by atoms with van der Waals surface area (Å²) in [6.07, 6.45) is 0.904. The molecule has 0 bridgehead atoms. The number of carbonyl (C=O) groups is 1. The Balaban J connectivity index is 1.66. The van der Waals surface area contributed by atoms with E-state index in [1.807, 2.05) is 50.2 Å². The van der Waals surface area contributed by atoms with E-state index in [1.165, 1.54) is 0 Å². The van der Waals surface area contributed by atoms with Gasteiger partial charge in [-0.05, 0) is 54.2 Å². The molecule has 4 aromatic rings. The molecular weight excluding hydrogens is 380 g/mol. The fraction of sp³-hybridized carbons (Fsp3) is 0.227. The van der Waals surface area contributed by atoms with Crippen molar-refractivity contribution in [1.82, 2.24) is 25.8 Å². The summed E-state index contributed by atoms with van der Waals surface area (Å²) in [7, 11) is 0. The molecule has 1 unspecified atom stereocenters. The summed E-state index contributed by atoms with van der Waals surface area (Å²) in [6.45, 7) is 3.83. The first kappa shape index (κ1) is 19.5. The molecule has 2 aromatic heterocycles. The number of amides is 1. The summed E-state index contributed by atoms with van der Waals surface area (Å²) >= 11 is 0. The molecule has 3 N–H and O–H groups in total. The van der Waals surface area contributed by atoms with Crippen LogP contribution in [0.3, 0.4) is 0 Å². The molecule has 2 aromatic carbocycles. The Kier molecular flexibility index (Phi) is 5.38. The molecule has 8 heteroatoms. The van der Waals surface area contributed by atoms with Gasteiger partial charge in [-0.25, -0.2) is 0 Å². The summed E-state index contributed by atoms with van der Waals surface area (Å²) in [5, 5.41) is 18.2. The largest absolute Gasteiger partial charge is 0.370 e. The highest BCUT2D eigenvalue weighted by Crippen LogP contribution is 2.31. The third kappa shape index (κ3) is 4.12. The Morgan fingerprint density at radius 3 is 2.63 bits per heavy atom. The van der Waals surface area contributed by atoms with Crippen molar-refractivity contribution in [2.45, 2.75) is 32.6 Å². The lowest BCUT2D eigenvalue weighted by molar-refractivity contribution is -0.118. The van der Waals surface area contributed by atoms with Gasteiger partial charge in [-0.15, -0.1) is 10.2 Å². The number of nitrogens with two attached hydrogens (primary N) is 1. The molecule has 0 aliphatic heterocycles. The molecule has 1 amide bonds. The number of carbonyl (C=O) groups excluding carboxylic acids is 1. The molecule has 0 radical (unpaired) electrons. The van der Waals surface area contributed by atoms with Crippen molar-refractivity contribution in [3.05, 3.63) is 71.1 Å². The summed E-state index contributed by atoms with van der Waals surface area (Å²) in [5.74, 6) is 0.877. The van der Waals surface area contributed by atoms with Crippen molar-refractivity contribution >= 4 is 5.91 Å². The second-order valence-corrected chi connectivity index (χ2v) is 7.33. The van der Waals surface area contributed by atoms with Crippen LogP contribution in [0.1, 0.15) is 34.9 Å². The molecule has 0 aliphatic rings. The van der Waals surface area contributed by atoms with Crippen LogP contribution in [0.2, 0.25) is 0 Å². The number of aryl methyl sites for hydroxylation is 2. The SMILES string of the molecule is Cc1noc(C)c1-c1cccc(CC(CC(N)=O)c2cccc(-c3nn[nH]n3)c2)c1. The van der Waals surface area contributed by atoms with Crippen LogP contribution in [0.5, 0.6) is 0 Å². The zero-order valence-electron chi connectivity index (χ0n) is 16.8. The zero-order chi connectivity index (χ0) is 21.1.